The van der Waals surface area contributed by atoms with Crippen LogP contribution in [0.25, 0.3) is 0 Å². The van der Waals surface area contributed by atoms with Crippen LogP contribution in [0.15, 0.2) is 30.3 Å². The summed E-state index contributed by atoms with van der Waals surface area (Å²) in [6.07, 6.45) is 1.80. The van der Waals surface area contributed by atoms with Crippen molar-refractivity contribution in [3.63, 3.8) is 0 Å². The smallest absolute Gasteiger partial charge is 0.105 e. The summed E-state index contributed by atoms with van der Waals surface area (Å²) in [5.74, 6) is 0. The van der Waals surface area contributed by atoms with Gasteiger partial charge in [-0.2, -0.15) is 0 Å². The lowest BCUT2D eigenvalue weighted by Gasteiger charge is -2.18. The Kier molecular flexibility index (Phi) is 2.85. The number of ether oxygens (including phenoxy) is 1. The normalized spacial score (nSPS) is 29.0. The quantitative estimate of drug-likeness (QED) is 0.779. The molecular formula is C12H16O2. The number of hydrogen-bond donors (Lipinski definition) is 1. The third-order valence-corrected chi connectivity index (χ3v) is 2.76. The molecule has 1 fully saturated rings. The van der Waals surface area contributed by atoms with E-state index in [0.29, 0.717) is 6.10 Å². The average Bonchev–Trinajstić information content (AvgIpc) is 2.65. The second-order valence-corrected chi connectivity index (χ2v) is 3.92. The molecule has 0 bridgehead atoms. The molecule has 14 heavy (non-hydrogen) atoms. The number of rotatable bonds is 2. The topological polar surface area (TPSA) is 29.5 Å². The van der Waals surface area contributed by atoms with Gasteiger partial charge in [0.1, 0.15) is 6.10 Å². The number of hydrogen-bond acceptors (Lipinski definition) is 2. The van der Waals surface area contributed by atoms with Crippen molar-refractivity contribution in [3.8, 4) is 0 Å². The van der Waals surface area contributed by atoms with E-state index in [1.54, 1.807) is 0 Å². The molecule has 0 unspecified atom stereocenters. The van der Waals surface area contributed by atoms with E-state index in [4.69, 9.17) is 4.74 Å². The van der Waals surface area contributed by atoms with Crippen molar-refractivity contribution < 1.29 is 9.84 Å². The lowest BCUT2D eigenvalue weighted by Crippen LogP contribution is -2.18. The van der Waals surface area contributed by atoms with Crippen LogP contribution in [-0.4, -0.2) is 17.3 Å². The van der Waals surface area contributed by atoms with Gasteiger partial charge in [-0.3, -0.25) is 0 Å². The van der Waals surface area contributed by atoms with E-state index >= 15 is 0 Å². The summed E-state index contributed by atoms with van der Waals surface area (Å²) in [6.45, 7) is 2.05. The Morgan fingerprint density at radius 1 is 1.29 bits per heavy atom. The van der Waals surface area contributed by atoms with Crippen LogP contribution in [0.3, 0.4) is 0 Å². The predicted octanol–water partition coefficient (Wildman–Crippen LogP) is 2.29. The van der Waals surface area contributed by atoms with Gasteiger partial charge in [-0.1, -0.05) is 30.3 Å². The van der Waals surface area contributed by atoms with Gasteiger partial charge in [-0.15, -0.1) is 0 Å². The van der Waals surface area contributed by atoms with Gasteiger partial charge in [0.05, 0.1) is 12.2 Å². The number of aliphatic hydroxyl groups is 1. The summed E-state index contributed by atoms with van der Waals surface area (Å²) in [6, 6.07) is 9.72. The van der Waals surface area contributed by atoms with Crippen LogP contribution in [0, 0.1) is 0 Å². The molecule has 2 heteroatoms. The Bertz CT molecular complexity index is 284. The van der Waals surface area contributed by atoms with Crippen LogP contribution in [-0.2, 0) is 4.74 Å². The zero-order chi connectivity index (χ0) is 9.97. The molecule has 1 aliphatic heterocycles. The average molecular weight is 192 g/mol. The Morgan fingerprint density at radius 3 is 2.57 bits per heavy atom. The standard InChI is InChI=1S/C12H16O2/c1-9-7-8-11(14-9)12(13)10-5-3-2-4-6-10/h2-6,9,11-13H,7-8H2,1H3/t9-,11+,12+/m0/s1. The Morgan fingerprint density at radius 2 is 2.00 bits per heavy atom. The van der Waals surface area contributed by atoms with Crippen molar-refractivity contribution in [1.82, 2.24) is 0 Å². The minimum Gasteiger partial charge on any atom is -0.386 e. The maximum atomic E-state index is 10.0. The zero-order valence-corrected chi connectivity index (χ0v) is 8.39. The molecule has 0 aliphatic carbocycles. The second kappa shape index (κ2) is 4.11. The van der Waals surface area contributed by atoms with Crippen LogP contribution >= 0.6 is 0 Å². The first-order valence-corrected chi connectivity index (χ1v) is 5.16. The highest BCUT2D eigenvalue weighted by atomic mass is 16.5. The summed E-state index contributed by atoms with van der Waals surface area (Å²) in [4.78, 5) is 0. The fourth-order valence-electron chi connectivity index (χ4n) is 1.93. The third kappa shape index (κ3) is 1.97. The van der Waals surface area contributed by atoms with Crippen molar-refractivity contribution in [2.45, 2.75) is 38.1 Å². The first-order chi connectivity index (χ1) is 6.77. The Hall–Kier alpha value is -0.860. The molecule has 0 aromatic heterocycles. The lowest BCUT2D eigenvalue weighted by atomic mass is 10.0. The van der Waals surface area contributed by atoms with Gasteiger partial charge in [-0.25, -0.2) is 0 Å². The van der Waals surface area contributed by atoms with Crippen LogP contribution in [0.5, 0.6) is 0 Å². The van der Waals surface area contributed by atoms with Gasteiger partial charge in [0.2, 0.25) is 0 Å². The van der Waals surface area contributed by atoms with Crippen LogP contribution in [0.4, 0.5) is 0 Å². The number of benzene rings is 1. The van der Waals surface area contributed by atoms with E-state index < -0.39 is 6.10 Å². The molecule has 0 amide bonds. The van der Waals surface area contributed by atoms with Gasteiger partial charge in [0, 0.05) is 0 Å². The first kappa shape index (κ1) is 9.69. The van der Waals surface area contributed by atoms with E-state index in [-0.39, 0.29) is 6.10 Å². The largest absolute Gasteiger partial charge is 0.386 e. The van der Waals surface area contributed by atoms with E-state index in [0.717, 1.165) is 18.4 Å². The molecule has 1 heterocycles. The van der Waals surface area contributed by atoms with Gasteiger partial charge in [0.25, 0.3) is 0 Å². The molecule has 1 aromatic carbocycles. The summed E-state index contributed by atoms with van der Waals surface area (Å²) >= 11 is 0. The first-order valence-electron chi connectivity index (χ1n) is 5.16. The molecule has 1 aliphatic rings. The van der Waals surface area contributed by atoms with Crippen molar-refractivity contribution in [2.75, 3.05) is 0 Å². The molecular weight excluding hydrogens is 176 g/mol. The van der Waals surface area contributed by atoms with Gasteiger partial charge in [0.15, 0.2) is 0 Å². The van der Waals surface area contributed by atoms with Crippen molar-refractivity contribution in [3.05, 3.63) is 35.9 Å². The molecule has 1 saturated heterocycles. The molecule has 0 radical (unpaired) electrons. The highest BCUT2D eigenvalue weighted by Gasteiger charge is 2.28. The maximum Gasteiger partial charge on any atom is 0.105 e. The maximum absolute atomic E-state index is 10.0. The summed E-state index contributed by atoms with van der Waals surface area (Å²) in [5, 5.41) is 10.0. The van der Waals surface area contributed by atoms with Gasteiger partial charge in [-0.05, 0) is 25.3 Å². The van der Waals surface area contributed by atoms with Crippen LogP contribution < -0.4 is 0 Å². The van der Waals surface area contributed by atoms with Crippen molar-refractivity contribution in [1.29, 1.82) is 0 Å². The fraction of sp³-hybridized carbons (Fsp3) is 0.500. The minimum atomic E-state index is -0.471. The third-order valence-electron chi connectivity index (χ3n) is 2.76. The highest BCUT2D eigenvalue weighted by molar-refractivity contribution is 5.18. The molecule has 1 aromatic rings. The zero-order valence-electron chi connectivity index (χ0n) is 8.39. The number of aliphatic hydroxyl groups excluding tert-OH is 1. The molecule has 76 valence electrons. The van der Waals surface area contributed by atoms with Gasteiger partial charge >= 0.3 is 0 Å². The van der Waals surface area contributed by atoms with E-state index in [2.05, 4.69) is 6.92 Å². The lowest BCUT2D eigenvalue weighted by molar-refractivity contribution is -0.0297. The summed E-state index contributed by atoms with van der Waals surface area (Å²) < 4.78 is 5.63. The van der Waals surface area contributed by atoms with E-state index in [9.17, 15) is 5.11 Å². The van der Waals surface area contributed by atoms with E-state index in [1.807, 2.05) is 30.3 Å². The predicted molar refractivity (Wildman–Crippen MR) is 55.0 cm³/mol. The SMILES string of the molecule is C[C@H]1CC[C@H]([C@H](O)c2ccccc2)O1. The second-order valence-electron chi connectivity index (χ2n) is 3.92. The molecule has 2 rings (SSSR count). The van der Waals surface area contributed by atoms with Crippen LogP contribution in [0.2, 0.25) is 0 Å². The summed E-state index contributed by atoms with van der Waals surface area (Å²) in [7, 11) is 0. The molecule has 3 atom stereocenters. The minimum absolute atomic E-state index is 0.0209. The Labute approximate surface area is 84.5 Å². The van der Waals surface area contributed by atoms with Crippen molar-refractivity contribution in [2.24, 2.45) is 0 Å². The molecule has 1 N–H and O–H groups in total. The molecule has 2 nitrogen and oxygen atoms in total. The summed E-state index contributed by atoms with van der Waals surface area (Å²) in [5.41, 5.74) is 0.951. The van der Waals surface area contributed by atoms with E-state index in [1.165, 1.54) is 0 Å². The monoisotopic (exact) mass is 192 g/mol. The Balaban J connectivity index is 2.05. The van der Waals surface area contributed by atoms with Gasteiger partial charge < -0.3 is 9.84 Å². The van der Waals surface area contributed by atoms with Crippen LogP contribution in [0.1, 0.15) is 31.4 Å². The van der Waals surface area contributed by atoms with Crippen molar-refractivity contribution >= 4 is 0 Å². The fourth-order valence-corrected chi connectivity index (χ4v) is 1.93. The molecule has 0 spiro atoms. The molecule has 0 saturated carbocycles. The highest BCUT2D eigenvalue weighted by Crippen LogP contribution is 2.29.